The summed E-state index contributed by atoms with van der Waals surface area (Å²) in [6.45, 7) is 2.10. The van der Waals surface area contributed by atoms with Crippen molar-refractivity contribution in [1.82, 2.24) is 9.78 Å². The predicted molar refractivity (Wildman–Crippen MR) is 51.1 cm³/mol. The number of carboxylic acids is 1. The molecule has 14 heavy (non-hydrogen) atoms. The molecular formula is C10H14N2O2. The molecule has 4 heteroatoms. The van der Waals surface area contributed by atoms with Gasteiger partial charge in [-0.3, -0.25) is 9.48 Å². The molecule has 1 aliphatic carbocycles. The fourth-order valence-electron chi connectivity index (χ4n) is 2.29. The van der Waals surface area contributed by atoms with E-state index in [0.717, 1.165) is 12.0 Å². The molecule has 76 valence electrons. The molecule has 0 bridgehead atoms. The van der Waals surface area contributed by atoms with Gasteiger partial charge in [0.1, 0.15) is 0 Å². The smallest absolute Gasteiger partial charge is 0.303 e. The van der Waals surface area contributed by atoms with E-state index in [-0.39, 0.29) is 12.3 Å². The fraction of sp³-hybridized carbons (Fsp3) is 0.600. The fourth-order valence-corrected chi connectivity index (χ4v) is 2.29. The third-order valence-electron chi connectivity index (χ3n) is 3.09. The average Bonchev–Trinajstić information content (AvgIpc) is 2.57. The molecule has 2 atom stereocenters. The first kappa shape index (κ1) is 9.24. The molecule has 0 saturated carbocycles. The molecule has 0 aromatic carbocycles. The van der Waals surface area contributed by atoms with Gasteiger partial charge in [0.2, 0.25) is 0 Å². The van der Waals surface area contributed by atoms with Gasteiger partial charge < -0.3 is 5.11 Å². The van der Waals surface area contributed by atoms with Gasteiger partial charge in [-0.2, -0.15) is 5.10 Å². The van der Waals surface area contributed by atoms with Crippen LogP contribution in [0.2, 0.25) is 0 Å². The minimum atomic E-state index is -0.724. The molecule has 2 rings (SSSR count). The van der Waals surface area contributed by atoms with Crippen molar-refractivity contribution >= 4 is 5.97 Å². The van der Waals surface area contributed by atoms with Crippen molar-refractivity contribution in [2.45, 2.75) is 25.7 Å². The van der Waals surface area contributed by atoms with Crippen molar-refractivity contribution in [1.29, 1.82) is 0 Å². The highest BCUT2D eigenvalue weighted by molar-refractivity contribution is 5.68. The lowest BCUT2D eigenvalue weighted by Crippen LogP contribution is -2.09. The van der Waals surface area contributed by atoms with Crippen LogP contribution in [-0.4, -0.2) is 20.9 Å². The van der Waals surface area contributed by atoms with Crippen molar-refractivity contribution in [2.75, 3.05) is 0 Å². The normalized spacial score (nSPS) is 25.0. The Morgan fingerprint density at radius 1 is 1.79 bits per heavy atom. The maximum atomic E-state index is 10.7. The van der Waals surface area contributed by atoms with Crippen molar-refractivity contribution in [2.24, 2.45) is 13.0 Å². The summed E-state index contributed by atoms with van der Waals surface area (Å²) in [5.41, 5.74) is 2.33. The summed E-state index contributed by atoms with van der Waals surface area (Å²) in [4.78, 5) is 10.7. The number of hydrogen-bond donors (Lipinski definition) is 1. The van der Waals surface area contributed by atoms with E-state index in [1.807, 2.05) is 17.9 Å². The van der Waals surface area contributed by atoms with Crippen LogP contribution in [0.15, 0.2) is 6.20 Å². The van der Waals surface area contributed by atoms with Crippen LogP contribution in [0.25, 0.3) is 0 Å². The molecule has 0 amide bonds. The maximum absolute atomic E-state index is 10.7. The summed E-state index contributed by atoms with van der Waals surface area (Å²) in [5, 5.41) is 13.0. The number of aliphatic carboxylic acids is 1. The third-order valence-corrected chi connectivity index (χ3v) is 3.09. The molecule has 0 radical (unpaired) electrons. The van der Waals surface area contributed by atoms with Gasteiger partial charge in [-0.15, -0.1) is 0 Å². The van der Waals surface area contributed by atoms with E-state index in [0.29, 0.717) is 5.92 Å². The second kappa shape index (κ2) is 3.12. The molecule has 4 nitrogen and oxygen atoms in total. The zero-order valence-electron chi connectivity index (χ0n) is 8.40. The third kappa shape index (κ3) is 1.31. The van der Waals surface area contributed by atoms with Crippen molar-refractivity contribution in [3.05, 3.63) is 17.5 Å². The van der Waals surface area contributed by atoms with Crippen LogP contribution < -0.4 is 0 Å². The van der Waals surface area contributed by atoms with Gasteiger partial charge in [-0.1, -0.05) is 6.92 Å². The lowest BCUT2D eigenvalue weighted by Gasteiger charge is -2.12. The molecule has 0 saturated heterocycles. The van der Waals surface area contributed by atoms with Gasteiger partial charge in [0.15, 0.2) is 0 Å². The Balaban J connectivity index is 2.30. The predicted octanol–water partition coefficient (Wildman–Crippen LogP) is 1.17. The molecule has 1 aromatic heterocycles. The summed E-state index contributed by atoms with van der Waals surface area (Å²) in [7, 11) is 1.91. The Hall–Kier alpha value is -1.32. The van der Waals surface area contributed by atoms with E-state index in [1.165, 1.54) is 5.69 Å². The molecule has 1 aromatic rings. The van der Waals surface area contributed by atoms with Crippen LogP contribution in [-0.2, 0) is 18.3 Å². The maximum Gasteiger partial charge on any atom is 0.303 e. The highest BCUT2D eigenvalue weighted by Gasteiger charge is 2.33. The SMILES string of the molecule is CC1Cc2c(cnn2C)C1CC(=O)O. The van der Waals surface area contributed by atoms with Gasteiger partial charge in [-0.05, 0) is 17.9 Å². The Labute approximate surface area is 82.5 Å². The van der Waals surface area contributed by atoms with E-state index in [2.05, 4.69) is 12.0 Å². The molecule has 1 heterocycles. The van der Waals surface area contributed by atoms with Crippen molar-refractivity contribution in [3.8, 4) is 0 Å². The van der Waals surface area contributed by atoms with Crippen LogP contribution in [0.5, 0.6) is 0 Å². The zero-order valence-corrected chi connectivity index (χ0v) is 8.40. The minimum Gasteiger partial charge on any atom is -0.481 e. The number of rotatable bonds is 2. The first-order valence-electron chi connectivity index (χ1n) is 4.82. The molecule has 2 unspecified atom stereocenters. The number of aromatic nitrogens is 2. The van der Waals surface area contributed by atoms with Crippen LogP contribution in [0.3, 0.4) is 0 Å². The van der Waals surface area contributed by atoms with Gasteiger partial charge in [0, 0.05) is 18.7 Å². The largest absolute Gasteiger partial charge is 0.481 e. The molecule has 0 aliphatic heterocycles. The number of nitrogens with zero attached hydrogens (tertiary/aromatic N) is 2. The van der Waals surface area contributed by atoms with E-state index < -0.39 is 5.97 Å². The molecule has 0 spiro atoms. The molecule has 1 aliphatic rings. The summed E-state index contributed by atoms with van der Waals surface area (Å²) >= 11 is 0. The minimum absolute atomic E-state index is 0.149. The van der Waals surface area contributed by atoms with Gasteiger partial charge in [-0.25, -0.2) is 0 Å². The lowest BCUT2D eigenvalue weighted by atomic mass is 9.92. The number of fused-ring (bicyclic) bond motifs is 1. The first-order chi connectivity index (χ1) is 6.59. The molecule has 1 N–H and O–H groups in total. The molecule has 0 fully saturated rings. The number of carbonyl (C=O) groups is 1. The monoisotopic (exact) mass is 194 g/mol. The van der Waals surface area contributed by atoms with Crippen molar-refractivity contribution < 1.29 is 9.90 Å². The lowest BCUT2D eigenvalue weighted by molar-refractivity contribution is -0.137. The highest BCUT2D eigenvalue weighted by Crippen LogP contribution is 2.39. The van der Waals surface area contributed by atoms with Crippen molar-refractivity contribution in [3.63, 3.8) is 0 Å². The Morgan fingerprint density at radius 2 is 2.50 bits per heavy atom. The quantitative estimate of drug-likeness (QED) is 0.768. The summed E-state index contributed by atoms with van der Waals surface area (Å²) in [5.74, 6) is -0.153. The second-order valence-corrected chi connectivity index (χ2v) is 4.06. The van der Waals surface area contributed by atoms with Gasteiger partial charge in [0.25, 0.3) is 0 Å². The van der Waals surface area contributed by atoms with Gasteiger partial charge in [0.05, 0.1) is 12.6 Å². The Morgan fingerprint density at radius 3 is 3.14 bits per heavy atom. The summed E-state index contributed by atoms with van der Waals surface area (Å²) in [6, 6.07) is 0. The van der Waals surface area contributed by atoms with E-state index in [4.69, 9.17) is 5.11 Å². The van der Waals surface area contributed by atoms with E-state index in [1.54, 1.807) is 0 Å². The van der Waals surface area contributed by atoms with Crippen LogP contribution >= 0.6 is 0 Å². The first-order valence-corrected chi connectivity index (χ1v) is 4.82. The van der Waals surface area contributed by atoms with Gasteiger partial charge >= 0.3 is 5.97 Å². The second-order valence-electron chi connectivity index (χ2n) is 4.06. The topological polar surface area (TPSA) is 55.1 Å². The standard InChI is InChI=1S/C10H14N2O2/c1-6-3-9-8(5-11-12(9)2)7(6)4-10(13)14/h5-7H,3-4H2,1-2H3,(H,13,14). The number of hydrogen-bond acceptors (Lipinski definition) is 2. The molecular weight excluding hydrogens is 180 g/mol. The Kier molecular flexibility index (Phi) is 2.06. The summed E-state index contributed by atoms with van der Waals surface area (Å²) in [6.07, 6.45) is 2.98. The zero-order chi connectivity index (χ0) is 10.3. The van der Waals surface area contributed by atoms with E-state index in [9.17, 15) is 4.79 Å². The highest BCUT2D eigenvalue weighted by atomic mass is 16.4. The average molecular weight is 194 g/mol. The number of aryl methyl sites for hydroxylation is 1. The Bertz CT molecular complexity index is 370. The number of carboxylic acid groups (broad SMARTS) is 1. The van der Waals surface area contributed by atoms with E-state index >= 15 is 0 Å². The summed E-state index contributed by atoms with van der Waals surface area (Å²) < 4.78 is 1.85. The van der Waals surface area contributed by atoms with Crippen LogP contribution in [0.1, 0.15) is 30.5 Å². The van der Waals surface area contributed by atoms with Crippen LogP contribution in [0, 0.1) is 5.92 Å². The van der Waals surface area contributed by atoms with Crippen LogP contribution in [0.4, 0.5) is 0 Å².